The van der Waals surface area contributed by atoms with Crippen LogP contribution in [0, 0.1) is 0 Å². The molecule has 0 unspecified atom stereocenters. The third-order valence-electron chi connectivity index (χ3n) is 2.45. The van der Waals surface area contributed by atoms with Gasteiger partial charge < -0.3 is 5.73 Å². The summed E-state index contributed by atoms with van der Waals surface area (Å²) in [4.78, 5) is 0. The van der Waals surface area contributed by atoms with E-state index in [1.807, 2.05) is 4.68 Å². The minimum Gasteiger partial charge on any atom is -0.325 e. The molecular formula is C9H16N4. The summed E-state index contributed by atoms with van der Waals surface area (Å²) < 4.78 is 2.01. The van der Waals surface area contributed by atoms with E-state index in [-0.39, 0.29) is 0 Å². The van der Waals surface area contributed by atoms with Crippen molar-refractivity contribution in [3.8, 4) is 0 Å². The lowest BCUT2D eigenvalue weighted by molar-refractivity contribution is 0.494. The molecule has 2 N–H and O–H groups in total. The maximum atomic E-state index is 5.61. The Morgan fingerprint density at radius 2 is 2.23 bits per heavy atom. The van der Waals surface area contributed by atoms with Gasteiger partial charge in [0.15, 0.2) is 0 Å². The Labute approximate surface area is 78.1 Å². The molecule has 0 bridgehead atoms. The first-order valence-corrected chi connectivity index (χ1v) is 4.88. The number of hydrogen-bond donors (Lipinski definition) is 1. The molecule has 1 aliphatic carbocycles. The average Bonchev–Trinajstić information content (AvgIpc) is 2.84. The van der Waals surface area contributed by atoms with Crippen molar-refractivity contribution < 1.29 is 0 Å². The fourth-order valence-corrected chi connectivity index (χ4v) is 1.64. The lowest BCUT2D eigenvalue weighted by Crippen LogP contribution is -2.08. The molecule has 1 aromatic heterocycles. The summed E-state index contributed by atoms with van der Waals surface area (Å²) in [6.45, 7) is 4.76. The van der Waals surface area contributed by atoms with Gasteiger partial charge in [0.05, 0.1) is 11.4 Å². The van der Waals surface area contributed by atoms with E-state index in [2.05, 4.69) is 24.2 Å². The Bertz CT molecular complexity index is 299. The van der Waals surface area contributed by atoms with Gasteiger partial charge in [-0.25, -0.2) is 4.68 Å². The highest BCUT2D eigenvalue weighted by molar-refractivity contribution is 5.20. The van der Waals surface area contributed by atoms with Crippen molar-refractivity contribution in [2.24, 2.45) is 5.73 Å². The van der Waals surface area contributed by atoms with Crippen LogP contribution >= 0.6 is 0 Å². The smallest absolute Gasteiger partial charge is 0.0997 e. The molecule has 4 heteroatoms. The molecule has 0 spiro atoms. The minimum absolute atomic E-state index is 0.392. The van der Waals surface area contributed by atoms with Crippen LogP contribution in [-0.2, 0) is 6.54 Å². The van der Waals surface area contributed by atoms with E-state index in [1.54, 1.807) is 0 Å². The molecule has 1 saturated carbocycles. The van der Waals surface area contributed by atoms with Crippen molar-refractivity contribution in [3.05, 3.63) is 11.4 Å². The summed E-state index contributed by atoms with van der Waals surface area (Å²) in [5.41, 5.74) is 7.87. The molecule has 0 radical (unpaired) electrons. The Balaban J connectivity index is 2.38. The quantitative estimate of drug-likeness (QED) is 0.760. The molecule has 0 amide bonds. The number of rotatable bonds is 3. The lowest BCUT2D eigenvalue weighted by Gasteiger charge is -2.09. The average molecular weight is 180 g/mol. The molecule has 2 rings (SSSR count). The van der Waals surface area contributed by atoms with Crippen molar-refractivity contribution in [2.45, 2.75) is 45.2 Å². The van der Waals surface area contributed by atoms with Gasteiger partial charge in [-0.3, -0.25) is 0 Å². The van der Waals surface area contributed by atoms with Crippen molar-refractivity contribution >= 4 is 0 Å². The van der Waals surface area contributed by atoms with Gasteiger partial charge in [-0.05, 0) is 26.7 Å². The van der Waals surface area contributed by atoms with Crippen LogP contribution in [0.15, 0.2) is 0 Å². The second-order valence-electron chi connectivity index (χ2n) is 3.94. The molecular weight excluding hydrogens is 164 g/mol. The Kier molecular flexibility index (Phi) is 2.07. The maximum Gasteiger partial charge on any atom is 0.0997 e. The summed E-state index contributed by atoms with van der Waals surface area (Å²) in [5, 5.41) is 8.24. The van der Waals surface area contributed by atoms with Gasteiger partial charge in [0.25, 0.3) is 0 Å². The first-order chi connectivity index (χ1) is 6.24. The van der Waals surface area contributed by atoms with E-state index in [4.69, 9.17) is 5.73 Å². The summed E-state index contributed by atoms with van der Waals surface area (Å²) >= 11 is 0. The zero-order chi connectivity index (χ0) is 9.42. The zero-order valence-electron chi connectivity index (χ0n) is 8.20. The second-order valence-corrected chi connectivity index (χ2v) is 3.94. The van der Waals surface area contributed by atoms with Crippen molar-refractivity contribution in [1.82, 2.24) is 15.0 Å². The van der Waals surface area contributed by atoms with Crippen LogP contribution in [0.2, 0.25) is 0 Å². The highest BCUT2D eigenvalue weighted by Gasteiger charge is 2.31. The SMILES string of the molecule is CC(C)n1nnc(CN)c1C1CC1. The van der Waals surface area contributed by atoms with Crippen LogP contribution in [0.1, 0.15) is 50.0 Å². The fraction of sp³-hybridized carbons (Fsp3) is 0.778. The molecule has 0 aliphatic heterocycles. The highest BCUT2D eigenvalue weighted by Crippen LogP contribution is 2.41. The van der Waals surface area contributed by atoms with Crippen molar-refractivity contribution in [1.29, 1.82) is 0 Å². The van der Waals surface area contributed by atoms with Crippen LogP contribution in [-0.4, -0.2) is 15.0 Å². The molecule has 1 aliphatic rings. The Morgan fingerprint density at radius 3 is 2.69 bits per heavy atom. The summed E-state index contributed by atoms with van der Waals surface area (Å²) in [7, 11) is 0. The van der Waals surface area contributed by atoms with Gasteiger partial charge >= 0.3 is 0 Å². The summed E-state index contributed by atoms with van der Waals surface area (Å²) in [6, 6.07) is 0.392. The molecule has 72 valence electrons. The molecule has 0 saturated heterocycles. The van der Waals surface area contributed by atoms with E-state index in [0.29, 0.717) is 18.5 Å². The van der Waals surface area contributed by atoms with Crippen molar-refractivity contribution in [2.75, 3.05) is 0 Å². The fourth-order valence-electron chi connectivity index (χ4n) is 1.64. The van der Waals surface area contributed by atoms with Crippen LogP contribution in [0.5, 0.6) is 0 Å². The predicted molar refractivity (Wildman–Crippen MR) is 50.3 cm³/mol. The maximum absolute atomic E-state index is 5.61. The second kappa shape index (κ2) is 3.10. The van der Waals surface area contributed by atoms with Crippen molar-refractivity contribution in [3.63, 3.8) is 0 Å². The number of nitrogens with two attached hydrogens (primary N) is 1. The third kappa shape index (κ3) is 1.46. The molecule has 0 atom stereocenters. The topological polar surface area (TPSA) is 56.7 Å². The van der Waals surface area contributed by atoms with Gasteiger partial charge in [0.2, 0.25) is 0 Å². The van der Waals surface area contributed by atoms with Gasteiger partial charge in [0.1, 0.15) is 0 Å². The van der Waals surface area contributed by atoms with Crippen LogP contribution in [0.25, 0.3) is 0 Å². The molecule has 1 fully saturated rings. The molecule has 1 aromatic rings. The standard InChI is InChI=1S/C9H16N4/c1-6(2)13-9(7-3-4-7)8(5-10)11-12-13/h6-7H,3-5,10H2,1-2H3. The normalized spacial score (nSPS) is 16.9. The predicted octanol–water partition coefficient (Wildman–Crippen LogP) is 1.20. The van der Waals surface area contributed by atoms with Gasteiger partial charge in [0, 0.05) is 18.5 Å². The van der Waals surface area contributed by atoms with Crippen LogP contribution in [0.4, 0.5) is 0 Å². The van der Waals surface area contributed by atoms with Gasteiger partial charge in [-0.15, -0.1) is 5.10 Å². The van der Waals surface area contributed by atoms with E-state index < -0.39 is 0 Å². The monoisotopic (exact) mass is 180 g/mol. The first-order valence-electron chi connectivity index (χ1n) is 4.88. The lowest BCUT2D eigenvalue weighted by atomic mass is 10.2. The minimum atomic E-state index is 0.392. The Hall–Kier alpha value is -0.900. The first kappa shape index (κ1) is 8.69. The van der Waals surface area contributed by atoms with E-state index in [9.17, 15) is 0 Å². The van der Waals surface area contributed by atoms with Crippen LogP contribution < -0.4 is 5.73 Å². The number of hydrogen-bond acceptors (Lipinski definition) is 3. The zero-order valence-corrected chi connectivity index (χ0v) is 8.20. The molecule has 0 aromatic carbocycles. The van der Waals surface area contributed by atoms with Gasteiger partial charge in [-0.1, -0.05) is 5.21 Å². The summed E-state index contributed by atoms with van der Waals surface area (Å²) in [6.07, 6.45) is 2.54. The largest absolute Gasteiger partial charge is 0.325 e. The van der Waals surface area contributed by atoms with Gasteiger partial charge in [-0.2, -0.15) is 0 Å². The van der Waals surface area contributed by atoms with E-state index in [1.165, 1.54) is 18.5 Å². The van der Waals surface area contributed by atoms with E-state index in [0.717, 1.165) is 5.69 Å². The summed E-state index contributed by atoms with van der Waals surface area (Å²) in [5.74, 6) is 0.677. The van der Waals surface area contributed by atoms with Crippen LogP contribution in [0.3, 0.4) is 0 Å². The third-order valence-corrected chi connectivity index (χ3v) is 2.45. The Morgan fingerprint density at radius 1 is 1.54 bits per heavy atom. The number of nitrogens with zero attached hydrogens (tertiary/aromatic N) is 3. The molecule has 13 heavy (non-hydrogen) atoms. The highest BCUT2D eigenvalue weighted by atomic mass is 15.4. The van der Waals surface area contributed by atoms with E-state index >= 15 is 0 Å². The molecule has 1 heterocycles. The molecule has 4 nitrogen and oxygen atoms in total. The number of aromatic nitrogens is 3.